The Hall–Kier alpha value is -1.75. The summed E-state index contributed by atoms with van der Waals surface area (Å²) in [7, 11) is 1.67. The molecule has 1 aromatic heterocycles. The number of nitrogens with one attached hydrogen (secondary N) is 1. The molecule has 0 aliphatic heterocycles. The Kier molecular flexibility index (Phi) is 5.03. The van der Waals surface area contributed by atoms with E-state index in [1.807, 2.05) is 30.3 Å². The van der Waals surface area contributed by atoms with Crippen molar-refractivity contribution in [1.29, 1.82) is 0 Å². The van der Waals surface area contributed by atoms with Gasteiger partial charge in [-0.3, -0.25) is 0 Å². The monoisotopic (exact) mass is 275 g/mol. The van der Waals surface area contributed by atoms with E-state index in [4.69, 9.17) is 4.74 Å². The van der Waals surface area contributed by atoms with Crippen LogP contribution in [0.3, 0.4) is 0 Å². The lowest BCUT2D eigenvalue weighted by molar-refractivity contribution is 0.413. The molecule has 2 rings (SSSR count). The van der Waals surface area contributed by atoms with Gasteiger partial charge in [0.2, 0.25) is 0 Å². The van der Waals surface area contributed by atoms with E-state index < -0.39 is 0 Å². The molecule has 0 aliphatic carbocycles. The molecule has 0 saturated heterocycles. The van der Waals surface area contributed by atoms with Crippen LogP contribution in [0.15, 0.2) is 46.6 Å². The second-order valence-electron chi connectivity index (χ2n) is 3.95. The minimum absolute atomic E-state index is 0.850. The molecule has 0 spiro atoms. The maximum absolute atomic E-state index is 5.21. The molecule has 5 heteroatoms. The third-order valence-corrected chi connectivity index (χ3v) is 3.38. The zero-order valence-corrected chi connectivity index (χ0v) is 11.9. The van der Waals surface area contributed by atoms with Crippen LogP contribution in [0, 0.1) is 0 Å². The first-order valence-corrected chi connectivity index (χ1v) is 7.01. The normalized spacial score (nSPS) is 10.2. The Balaban J connectivity index is 2.09. The predicted octanol–water partition coefficient (Wildman–Crippen LogP) is 3.46. The van der Waals surface area contributed by atoms with Crippen molar-refractivity contribution in [1.82, 2.24) is 9.97 Å². The van der Waals surface area contributed by atoms with Crippen LogP contribution in [0.1, 0.15) is 13.3 Å². The molecule has 0 amide bonds. The summed E-state index contributed by atoms with van der Waals surface area (Å²) >= 11 is 1.59. The van der Waals surface area contributed by atoms with E-state index >= 15 is 0 Å². The summed E-state index contributed by atoms with van der Waals surface area (Å²) < 4.78 is 5.21. The maximum atomic E-state index is 5.21. The molecule has 1 N–H and O–H groups in total. The van der Waals surface area contributed by atoms with Gasteiger partial charge in [-0.05, 0) is 24.6 Å². The van der Waals surface area contributed by atoms with E-state index in [1.165, 1.54) is 0 Å². The van der Waals surface area contributed by atoms with Crippen molar-refractivity contribution in [3.8, 4) is 5.75 Å². The highest BCUT2D eigenvalue weighted by molar-refractivity contribution is 7.99. The van der Waals surface area contributed by atoms with Crippen LogP contribution >= 0.6 is 11.8 Å². The molecule has 0 bridgehead atoms. The van der Waals surface area contributed by atoms with Gasteiger partial charge in [-0.1, -0.05) is 24.8 Å². The molecule has 4 nitrogen and oxygen atoms in total. The summed E-state index contributed by atoms with van der Waals surface area (Å²) in [4.78, 5) is 9.56. The fraction of sp³-hybridized carbons (Fsp3) is 0.286. The average molecular weight is 275 g/mol. The topological polar surface area (TPSA) is 47.0 Å². The summed E-state index contributed by atoms with van der Waals surface area (Å²) in [6, 6.07) is 9.89. The lowest BCUT2D eigenvalue weighted by Crippen LogP contribution is -2.02. The van der Waals surface area contributed by atoms with Crippen molar-refractivity contribution >= 4 is 17.6 Å². The van der Waals surface area contributed by atoms with E-state index in [0.717, 1.165) is 34.5 Å². The number of ether oxygens (including phenoxy) is 1. The Morgan fingerprint density at radius 1 is 1.26 bits per heavy atom. The number of hydrogen-bond acceptors (Lipinski definition) is 5. The SMILES string of the molecule is CCCNc1cc(Sc2cccc(OC)c2)ncn1. The number of rotatable bonds is 6. The minimum Gasteiger partial charge on any atom is -0.497 e. The van der Waals surface area contributed by atoms with Gasteiger partial charge in [0, 0.05) is 17.5 Å². The average Bonchev–Trinajstić information content (AvgIpc) is 2.46. The van der Waals surface area contributed by atoms with Crippen LogP contribution in [0.5, 0.6) is 5.75 Å². The molecule has 0 radical (unpaired) electrons. The van der Waals surface area contributed by atoms with Crippen LogP contribution in [0.2, 0.25) is 0 Å². The minimum atomic E-state index is 0.850. The number of nitrogens with zero attached hydrogens (tertiary/aromatic N) is 2. The molecule has 0 unspecified atom stereocenters. The lowest BCUT2D eigenvalue weighted by Gasteiger charge is -2.06. The molecular weight excluding hydrogens is 258 g/mol. The molecule has 19 heavy (non-hydrogen) atoms. The Morgan fingerprint density at radius 2 is 2.16 bits per heavy atom. The number of methoxy groups -OCH3 is 1. The zero-order valence-electron chi connectivity index (χ0n) is 11.1. The van der Waals surface area contributed by atoms with Gasteiger partial charge in [-0.15, -0.1) is 0 Å². The van der Waals surface area contributed by atoms with Gasteiger partial charge in [0.15, 0.2) is 0 Å². The third kappa shape index (κ3) is 4.13. The molecule has 1 aromatic carbocycles. The van der Waals surface area contributed by atoms with Gasteiger partial charge in [0.25, 0.3) is 0 Å². The van der Waals surface area contributed by atoms with Crippen molar-refractivity contribution in [2.45, 2.75) is 23.3 Å². The Bertz CT molecular complexity index is 534. The maximum Gasteiger partial charge on any atom is 0.130 e. The third-order valence-electron chi connectivity index (χ3n) is 2.46. The lowest BCUT2D eigenvalue weighted by atomic mass is 10.3. The molecule has 2 aromatic rings. The first-order valence-electron chi connectivity index (χ1n) is 6.19. The number of hydrogen-bond donors (Lipinski definition) is 1. The number of benzene rings is 1. The smallest absolute Gasteiger partial charge is 0.130 e. The standard InChI is InChI=1S/C14H17N3OS/c1-3-7-15-13-9-14(17-10-16-13)19-12-6-4-5-11(8-12)18-2/h4-6,8-10H,3,7H2,1-2H3,(H,15,16,17). The highest BCUT2D eigenvalue weighted by atomic mass is 32.2. The van der Waals surface area contributed by atoms with Gasteiger partial charge in [-0.25, -0.2) is 9.97 Å². The summed E-state index contributed by atoms with van der Waals surface area (Å²) in [5.41, 5.74) is 0. The largest absolute Gasteiger partial charge is 0.497 e. The summed E-state index contributed by atoms with van der Waals surface area (Å²) in [5.74, 6) is 1.71. The molecule has 0 atom stereocenters. The summed E-state index contributed by atoms with van der Waals surface area (Å²) in [5, 5.41) is 4.17. The van der Waals surface area contributed by atoms with Crippen molar-refractivity contribution in [2.24, 2.45) is 0 Å². The second kappa shape index (κ2) is 6.99. The zero-order chi connectivity index (χ0) is 13.5. The molecule has 0 aliphatic rings. The van der Waals surface area contributed by atoms with Crippen LogP contribution < -0.4 is 10.1 Å². The highest BCUT2D eigenvalue weighted by Gasteiger charge is 2.02. The highest BCUT2D eigenvalue weighted by Crippen LogP contribution is 2.29. The van der Waals surface area contributed by atoms with E-state index in [1.54, 1.807) is 25.2 Å². The Morgan fingerprint density at radius 3 is 2.95 bits per heavy atom. The van der Waals surface area contributed by atoms with Gasteiger partial charge >= 0.3 is 0 Å². The van der Waals surface area contributed by atoms with Crippen LogP contribution in [-0.4, -0.2) is 23.6 Å². The van der Waals surface area contributed by atoms with Gasteiger partial charge in [0.05, 0.1) is 7.11 Å². The van der Waals surface area contributed by atoms with Gasteiger partial charge < -0.3 is 10.1 Å². The summed E-state index contributed by atoms with van der Waals surface area (Å²) in [6.45, 7) is 3.04. The number of anilines is 1. The second-order valence-corrected chi connectivity index (χ2v) is 5.04. The van der Waals surface area contributed by atoms with Crippen LogP contribution in [-0.2, 0) is 0 Å². The fourth-order valence-corrected chi connectivity index (χ4v) is 2.36. The molecular formula is C14H17N3OS. The van der Waals surface area contributed by atoms with E-state index in [0.29, 0.717) is 0 Å². The molecule has 0 fully saturated rings. The first-order chi connectivity index (χ1) is 9.31. The fourth-order valence-electron chi connectivity index (χ4n) is 1.53. The van der Waals surface area contributed by atoms with E-state index in [-0.39, 0.29) is 0 Å². The molecule has 0 saturated carbocycles. The van der Waals surface area contributed by atoms with E-state index in [2.05, 4.69) is 22.2 Å². The van der Waals surface area contributed by atoms with Gasteiger partial charge in [0.1, 0.15) is 22.9 Å². The Labute approximate surface area is 117 Å². The first kappa shape index (κ1) is 13.7. The van der Waals surface area contributed by atoms with Crippen molar-refractivity contribution in [2.75, 3.05) is 19.0 Å². The number of aromatic nitrogens is 2. The van der Waals surface area contributed by atoms with Gasteiger partial charge in [-0.2, -0.15) is 0 Å². The quantitative estimate of drug-likeness (QED) is 0.818. The van der Waals surface area contributed by atoms with Crippen LogP contribution in [0.4, 0.5) is 5.82 Å². The molecule has 100 valence electrons. The van der Waals surface area contributed by atoms with Crippen molar-refractivity contribution < 1.29 is 4.74 Å². The van der Waals surface area contributed by atoms with Crippen molar-refractivity contribution in [3.63, 3.8) is 0 Å². The van der Waals surface area contributed by atoms with Crippen LogP contribution in [0.25, 0.3) is 0 Å². The molecule has 1 heterocycles. The van der Waals surface area contributed by atoms with Crippen molar-refractivity contribution in [3.05, 3.63) is 36.7 Å². The van der Waals surface area contributed by atoms with E-state index in [9.17, 15) is 0 Å². The predicted molar refractivity (Wildman–Crippen MR) is 77.9 cm³/mol. The summed E-state index contributed by atoms with van der Waals surface area (Å²) in [6.07, 6.45) is 2.66.